The van der Waals surface area contributed by atoms with Crippen LogP contribution in [-0.4, -0.2) is 58.4 Å². The largest absolute Gasteiger partial charge is 0.351 e. The minimum absolute atomic E-state index is 0.0323. The van der Waals surface area contributed by atoms with Crippen molar-refractivity contribution in [3.05, 3.63) is 71.7 Å². The lowest BCUT2D eigenvalue weighted by molar-refractivity contribution is -0.126. The summed E-state index contributed by atoms with van der Waals surface area (Å²) >= 11 is 0. The van der Waals surface area contributed by atoms with Crippen LogP contribution in [-0.2, 0) is 18.4 Å². The Bertz CT molecular complexity index is 1080. The predicted molar refractivity (Wildman–Crippen MR) is 118 cm³/mol. The number of nitrogens with one attached hydrogen (secondary N) is 1. The Balaban J connectivity index is 1.32. The van der Waals surface area contributed by atoms with E-state index in [9.17, 15) is 14.0 Å². The first-order valence-electron chi connectivity index (χ1n) is 10.5. The third-order valence-corrected chi connectivity index (χ3v) is 6.04. The molecule has 1 aliphatic rings. The van der Waals surface area contributed by atoms with Gasteiger partial charge in [0.15, 0.2) is 0 Å². The third-order valence-electron chi connectivity index (χ3n) is 6.04. The minimum Gasteiger partial charge on any atom is -0.351 e. The highest BCUT2D eigenvalue weighted by Crippen LogP contribution is 2.22. The molecule has 0 aliphatic carbocycles. The number of hydrogen-bond donors (Lipinski definition) is 1. The Morgan fingerprint density at radius 1 is 1.03 bits per heavy atom. The molecule has 1 aliphatic heterocycles. The van der Waals surface area contributed by atoms with Gasteiger partial charge in [0, 0.05) is 56.9 Å². The maximum Gasteiger partial charge on any atom is 0.256 e. The summed E-state index contributed by atoms with van der Waals surface area (Å²) in [6, 6.07) is 13.7. The molecular weight excluding hydrogens is 395 g/mol. The average molecular weight is 423 g/mol. The second-order valence-corrected chi connectivity index (χ2v) is 8.02. The van der Waals surface area contributed by atoms with Crippen LogP contribution < -0.4 is 5.32 Å². The fourth-order valence-electron chi connectivity index (χ4n) is 4.10. The van der Waals surface area contributed by atoms with Crippen LogP contribution in [0.4, 0.5) is 4.39 Å². The van der Waals surface area contributed by atoms with Gasteiger partial charge in [0.1, 0.15) is 5.82 Å². The molecule has 0 radical (unpaired) electrons. The van der Waals surface area contributed by atoms with Crippen LogP contribution in [0.1, 0.15) is 22.8 Å². The van der Waals surface area contributed by atoms with Crippen molar-refractivity contribution in [1.82, 2.24) is 19.7 Å². The van der Waals surface area contributed by atoms with Gasteiger partial charge < -0.3 is 14.8 Å². The Hall–Kier alpha value is -3.19. The Morgan fingerprint density at radius 3 is 2.42 bits per heavy atom. The highest BCUT2D eigenvalue weighted by molar-refractivity contribution is 6.07. The normalized spacial score (nSPS) is 15.8. The zero-order valence-corrected chi connectivity index (χ0v) is 17.8. The number of amides is 2. The zero-order valence-electron chi connectivity index (χ0n) is 17.8. The molecule has 3 aromatic rings. The Labute approximate surface area is 181 Å². The van der Waals surface area contributed by atoms with Crippen molar-refractivity contribution in [3.63, 3.8) is 0 Å². The molecule has 4 rings (SSSR count). The highest BCUT2D eigenvalue weighted by Gasteiger charge is 2.28. The van der Waals surface area contributed by atoms with E-state index >= 15 is 0 Å². The molecule has 162 valence electrons. The maximum absolute atomic E-state index is 13.1. The highest BCUT2D eigenvalue weighted by atomic mass is 19.1. The summed E-state index contributed by atoms with van der Waals surface area (Å²) in [5.74, 6) is -0.331. The number of halogens is 1. The van der Waals surface area contributed by atoms with Gasteiger partial charge in [0.25, 0.3) is 5.91 Å². The smallest absolute Gasteiger partial charge is 0.256 e. The number of carbonyl (C=O) groups is 2. The number of rotatable bonds is 5. The van der Waals surface area contributed by atoms with Crippen LogP contribution in [0.15, 0.2) is 54.7 Å². The molecule has 31 heavy (non-hydrogen) atoms. The second kappa shape index (κ2) is 8.89. The topological polar surface area (TPSA) is 57.6 Å². The lowest BCUT2D eigenvalue weighted by Crippen LogP contribution is -2.54. The number of aromatic nitrogens is 1. The minimum atomic E-state index is -0.296. The van der Waals surface area contributed by atoms with Gasteiger partial charge in [-0.2, -0.15) is 0 Å². The van der Waals surface area contributed by atoms with E-state index in [0.29, 0.717) is 32.7 Å². The van der Waals surface area contributed by atoms with Gasteiger partial charge in [-0.05, 0) is 30.7 Å². The van der Waals surface area contributed by atoms with Gasteiger partial charge in [0.2, 0.25) is 5.91 Å². The van der Waals surface area contributed by atoms with Crippen LogP contribution in [0.5, 0.6) is 0 Å². The number of aryl methyl sites for hydroxylation is 1. The quantitative estimate of drug-likeness (QED) is 0.688. The molecule has 2 amide bonds. The van der Waals surface area contributed by atoms with Gasteiger partial charge in [0.05, 0.1) is 11.6 Å². The van der Waals surface area contributed by atoms with Crippen LogP contribution in [0, 0.1) is 5.82 Å². The number of benzene rings is 2. The van der Waals surface area contributed by atoms with Crippen LogP contribution in [0.3, 0.4) is 0 Å². The average Bonchev–Trinajstić information content (AvgIpc) is 3.14. The first-order valence-corrected chi connectivity index (χ1v) is 10.5. The van der Waals surface area contributed by atoms with Crippen molar-refractivity contribution >= 4 is 22.7 Å². The summed E-state index contributed by atoms with van der Waals surface area (Å²) in [6.07, 6.45) is 1.89. The summed E-state index contributed by atoms with van der Waals surface area (Å²) < 4.78 is 15.0. The second-order valence-electron chi connectivity index (χ2n) is 8.02. The van der Waals surface area contributed by atoms with Crippen LogP contribution in [0.2, 0.25) is 0 Å². The molecule has 7 heteroatoms. The first kappa shape index (κ1) is 21.1. The van der Waals surface area contributed by atoms with E-state index in [1.807, 2.05) is 53.9 Å². The zero-order chi connectivity index (χ0) is 22.0. The molecule has 0 bridgehead atoms. The van der Waals surface area contributed by atoms with E-state index in [4.69, 9.17) is 0 Å². The van der Waals surface area contributed by atoms with Gasteiger partial charge in [-0.15, -0.1) is 0 Å². The van der Waals surface area contributed by atoms with Gasteiger partial charge >= 0.3 is 0 Å². The SMILES string of the molecule is CC(C(=O)NCc1ccc(F)cc1)N1CCN(C(=O)c2cn(C)c3ccccc23)CC1. The van der Waals surface area contributed by atoms with Gasteiger partial charge in [-0.3, -0.25) is 14.5 Å². The summed E-state index contributed by atoms with van der Waals surface area (Å²) in [6.45, 7) is 4.68. The Morgan fingerprint density at radius 2 is 1.71 bits per heavy atom. The Kier molecular flexibility index (Phi) is 6.04. The van der Waals surface area contributed by atoms with Gasteiger partial charge in [-0.25, -0.2) is 4.39 Å². The summed E-state index contributed by atoms with van der Waals surface area (Å²) in [5.41, 5.74) is 2.61. The van der Waals surface area contributed by atoms with Crippen LogP contribution in [0.25, 0.3) is 10.9 Å². The van der Waals surface area contributed by atoms with E-state index in [2.05, 4.69) is 10.2 Å². The van der Waals surface area contributed by atoms with Crippen molar-refractivity contribution < 1.29 is 14.0 Å². The fraction of sp³-hybridized carbons (Fsp3) is 0.333. The lowest BCUT2D eigenvalue weighted by Gasteiger charge is -2.37. The van der Waals surface area contributed by atoms with Gasteiger partial charge in [-0.1, -0.05) is 30.3 Å². The molecule has 1 atom stereocenters. The first-order chi connectivity index (χ1) is 14.9. The lowest BCUT2D eigenvalue weighted by atomic mass is 10.1. The molecule has 2 heterocycles. The van der Waals surface area contributed by atoms with E-state index in [0.717, 1.165) is 22.0 Å². The molecule has 1 N–H and O–H groups in total. The molecule has 2 aromatic carbocycles. The molecule has 1 aromatic heterocycles. The number of para-hydroxylation sites is 1. The van der Waals surface area contributed by atoms with Crippen molar-refractivity contribution in [2.24, 2.45) is 7.05 Å². The van der Waals surface area contributed by atoms with Crippen molar-refractivity contribution in [2.75, 3.05) is 26.2 Å². The summed E-state index contributed by atoms with van der Waals surface area (Å²) in [4.78, 5) is 29.6. The molecule has 1 unspecified atom stereocenters. The monoisotopic (exact) mass is 422 g/mol. The van der Waals surface area contributed by atoms with Crippen molar-refractivity contribution in [1.29, 1.82) is 0 Å². The van der Waals surface area contributed by atoms with Crippen LogP contribution >= 0.6 is 0 Å². The molecule has 6 nitrogen and oxygen atoms in total. The number of hydrogen-bond acceptors (Lipinski definition) is 3. The standard InChI is InChI=1S/C24H27FN4O2/c1-17(23(30)26-15-18-7-9-19(25)10-8-18)28-11-13-29(14-12-28)24(31)21-16-27(2)22-6-4-3-5-20(21)22/h3-10,16-17H,11-15H2,1-2H3,(H,26,30). The van der Waals surface area contributed by atoms with Crippen molar-refractivity contribution in [3.8, 4) is 0 Å². The third kappa shape index (κ3) is 4.46. The van der Waals surface area contributed by atoms with E-state index in [1.165, 1.54) is 12.1 Å². The summed E-state index contributed by atoms with van der Waals surface area (Å²) in [5, 5.41) is 3.88. The number of carbonyl (C=O) groups excluding carboxylic acids is 2. The number of piperazine rings is 1. The summed E-state index contributed by atoms with van der Waals surface area (Å²) in [7, 11) is 1.95. The molecule has 0 saturated carbocycles. The van der Waals surface area contributed by atoms with Crippen molar-refractivity contribution in [2.45, 2.75) is 19.5 Å². The molecule has 1 fully saturated rings. The molecule has 0 spiro atoms. The molecular formula is C24H27FN4O2. The van der Waals surface area contributed by atoms with E-state index in [-0.39, 0.29) is 23.7 Å². The van der Waals surface area contributed by atoms with E-state index in [1.54, 1.807) is 12.1 Å². The van der Waals surface area contributed by atoms with E-state index < -0.39 is 0 Å². The predicted octanol–water partition coefficient (Wildman–Crippen LogP) is 2.78. The maximum atomic E-state index is 13.1. The molecule has 1 saturated heterocycles. The number of fused-ring (bicyclic) bond motifs is 1. The fourth-order valence-corrected chi connectivity index (χ4v) is 4.10. The number of nitrogens with zero attached hydrogens (tertiary/aromatic N) is 3.